The van der Waals surface area contributed by atoms with Crippen LogP contribution in [0.3, 0.4) is 0 Å². The highest BCUT2D eigenvalue weighted by atomic mass is 16.6. The minimum Gasteiger partial charge on any atom is -0.462 e. The highest BCUT2D eigenvalue weighted by Crippen LogP contribution is 2.69. The lowest BCUT2D eigenvalue weighted by atomic mass is 9.45. The van der Waals surface area contributed by atoms with Crippen LogP contribution in [0.5, 0.6) is 0 Å². The van der Waals surface area contributed by atoms with E-state index >= 15 is 0 Å². The fraction of sp³-hybridized carbons (Fsp3) is 0.864. The summed E-state index contributed by atoms with van der Waals surface area (Å²) in [5.74, 6) is 4.12. The summed E-state index contributed by atoms with van der Waals surface area (Å²) in [5, 5.41) is 0. The van der Waals surface area contributed by atoms with E-state index in [0.29, 0.717) is 16.7 Å². The van der Waals surface area contributed by atoms with Gasteiger partial charge in [-0.1, -0.05) is 32.9 Å². The van der Waals surface area contributed by atoms with Crippen LogP contribution in [0.4, 0.5) is 0 Å². The quantitative estimate of drug-likeness (QED) is 0.463. The minimum absolute atomic E-state index is 0.0693. The molecule has 3 saturated carbocycles. The lowest BCUT2D eigenvalue weighted by Crippen LogP contribution is -2.52. The Morgan fingerprint density at radius 3 is 2.75 bits per heavy atom. The van der Waals surface area contributed by atoms with E-state index < -0.39 is 0 Å². The summed E-state index contributed by atoms with van der Waals surface area (Å²) in [5.41, 5.74) is 0.865. The molecule has 0 spiro atoms. The molecular formula is C22H32O2. The zero-order valence-electron chi connectivity index (χ0n) is 15.5. The largest absolute Gasteiger partial charge is 0.462 e. The van der Waals surface area contributed by atoms with E-state index in [1.54, 1.807) is 0 Å². The Hall–Kier alpha value is -0.790. The van der Waals surface area contributed by atoms with Gasteiger partial charge < -0.3 is 4.74 Å². The van der Waals surface area contributed by atoms with Crippen LogP contribution in [-0.2, 0) is 9.53 Å². The standard InChI is InChI=1S/C22H32O2/c1-13-19-18(24-20(13)23)12-17-15-8-7-14-6-4-5-10-21(14,2)16(15)9-11-22(17,19)3/h4-5,13-19H,6-12H2,1-3H3/t13-,14+,15+,16-,17-,18-,19-,21-,22-/m0/s1. The van der Waals surface area contributed by atoms with Crippen LogP contribution >= 0.6 is 0 Å². The maximum Gasteiger partial charge on any atom is 0.309 e. The molecule has 0 amide bonds. The molecule has 2 heteroatoms. The van der Waals surface area contributed by atoms with Crippen LogP contribution in [-0.4, -0.2) is 12.1 Å². The predicted molar refractivity (Wildman–Crippen MR) is 94.2 cm³/mol. The normalized spacial score (nSPS) is 58.5. The molecule has 24 heavy (non-hydrogen) atoms. The van der Waals surface area contributed by atoms with Crippen LogP contribution in [0.15, 0.2) is 12.2 Å². The van der Waals surface area contributed by atoms with Crippen LogP contribution in [0.1, 0.15) is 65.7 Å². The van der Waals surface area contributed by atoms with E-state index in [-0.39, 0.29) is 18.0 Å². The lowest BCUT2D eigenvalue weighted by Gasteiger charge is -2.59. The third-order valence-electron chi connectivity index (χ3n) is 9.47. The Balaban J connectivity index is 1.48. The molecule has 0 bridgehead atoms. The molecule has 1 saturated heterocycles. The van der Waals surface area contributed by atoms with Gasteiger partial charge in [0.05, 0.1) is 5.92 Å². The van der Waals surface area contributed by atoms with Crippen molar-refractivity contribution in [1.29, 1.82) is 0 Å². The Bertz CT molecular complexity index is 595. The summed E-state index contributed by atoms with van der Waals surface area (Å²) in [6, 6.07) is 0. The van der Waals surface area contributed by atoms with E-state index in [4.69, 9.17) is 4.74 Å². The Morgan fingerprint density at radius 2 is 1.92 bits per heavy atom. The van der Waals surface area contributed by atoms with Gasteiger partial charge in [-0.2, -0.15) is 0 Å². The van der Waals surface area contributed by atoms with E-state index in [1.165, 1.54) is 38.5 Å². The third kappa shape index (κ3) is 1.76. The number of fused-ring (bicyclic) bond motifs is 7. The van der Waals surface area contributed by atoms with Gasteiger partial charge in [-0.15, -0.1) is 0 Å². The number of ether oxygens (including phenoxy) is 1. The second-order valence-corrected chi connectivity index (χ2v) is 10.1. The number of carbonyl (C=O) groups excluding carboxylic acids is 1. The number of allylic oxidation sites excluding steroid dienone is 2. The molecule has 0 aromatic heterocycles. The van der Waals surface area contributed by atoms with Gasteiger partial charge in [0, 0.05) is 5.92 Å². The van der Waals surface area contributed by atoms with Crippen LogP contribution < -0.4 is 0 Å². The van der Waals surface area contributed by atoms with Gasteiger partial charge in [0.25, 0.3) is 0 Å². The topological polar surface area (TPSA) is 26.3 Å². The van der Waals surface area contributed by atoms with Crippen LogP contribution in [0, 0.1) is 46.3 Å². The van der Waals surface area contributed by atoms with Gasteiger partial charge in [0.1, 0.15) is 6.10 Å². The number of esters is 1. The summed E-state index contributed by atoms with van der Waals surface area (Å²) < 4.78 is 5.82. The van der Waals surface area contributed by atoms with Gasteiger partial charge in [-0.25, -0.2) is 0 Å². The van der Waals surface area contributed by atoms with E-state index in [1.807, 2.05) is 0 Å². The van der Waals surface area contributed by atoms with Crippen molar-refractivity contribution in [2.75, 3.05) is 0 Å². The molecule has 0 unspecified atom stereocenters. The zero-order valence-corrected chi connectivity index (χ0v) is 15.5. The van der Waals surface area contributed by atoms with Crippen molar-refractivity contribution in [1.82, 2.24) is 0 Å². The van der Waals surface area contributed by atoms with Gasteiger partial charge in [0.15, 0.2) is 0 Å². The van der Waals surface area contributed by atoms with Gasteiger partial charge >= 0.3 is 5.97 Å². The van der Waals surface area contributed by atoms with Crippen molar-refractivity contribution in [3.05, 3.63) is 12.2 Å². The van der Waals surface area contributed by atoms with Crippen molar-refractivity contribution < 1.29 is 9.53 Å². The number of hydrogen-bond acceptors (Lipinski definition) is 2. The molecule has 5 rings (SSSR count). The third-order valence-corrected chi connectivity index (χ3v) is 9.47. The first-order chi connectivity index (χ1) is 11.4. The van der Waals surface area contributed by atoms with Gasteiger partial charge in [-0.3, -0.25) is 4.79 Å². The predicted octanol–water partition coefficient (Wildman–Crippen LogP) is 4.98. The molecule has 0 N–H and O–H groups in total. The molecule has 2 nitrogen and oxygen atoms in total. The van der Waals surface area contributed by atoms with E-state index in [0.717, 1.165) is 30.1 Å². The van der Waals surface area contributed by atoms with E-state index in [9.17, 15) is 4.79 Å². The first-order valence-corrected chi connectivity index (χ1v) is 10.3. The number of rotatable bonds is 0. The van der Waals surface area contributed by atoms with Crippen molar-refractivity contribution in [3.63, 3.8) is 0 Å². The smallest absolute Gasteiger partial charge is 0.309 e. The summed E-state index contributed by atoms with van der Waals surface area (Å²) >= 11 is 0. The molecule has 5 aliphatic rings. The summed E-state index contributed by atoms with van der Waals surface area (Å²) in [6.45, 7) is 7.22. The van der Waals surface area contributed by atoms with Gasteiger partial charge in [-0.05, 0) is 79.4 Å². The Morgan fingerprint density at radius 1 is 1.08 bits per heavy atom. The fourth-order valence-electron chi connectivity index (χ4n) is 8.28. The minimum atomic E-state index is 0.0693. The molecule has 132 valence electrons. The molecule has 1 heterocycles. The molecule has 4 fully saturated rings. The monoisotopic (exact) mass is 328 g/mol. The van der Waals surface area contributed by atoms with Crippen molar-refractivity contribution in [2.24, 2.45) is 46.3 Å². The van der Waals surface area contributed by atoms with Crippen molar-refractivity contribution in [2.45, 2.75) is 71.8 Å². The van der Waals surface area contributed by atoms with Crippen molar-refractivity contribution >= 4 is 5.97 Å². The maximum atomic E-state index is 12.1. The fourth-order valence-corrected chi connectivity index (χ4v) is 8.28. The second kappa shape index (κ2) is 4.89. The average Bonchev–Trinajstić information content (AvgIpc) is 3.00. The molecule has 9 atom stereocenters. The maximum absolute atomic E-state index is 12.1. The van der Waals surface area contributed by atoms with Gasteiger partial charge in [0.2, 0.25) is 0 Å². The van der Waals surface area contributed by atoms with Crippen molar-refractivity contribution in [3.8, 4) is 0 Å². The molecular weight excluding hydrogens is 296 g/mol. The number of carbonyl (C=O) groups is 1. The Kier molecular flexibility index (Phi) is 3.15. The van der Waals surface area contributed by atoms with Crippen LogP contribution in [0.2, 0.25) is 0 Å². The first kappa shape index (κ1) is 15.5. The highest BCUT2D eigenvalue weighted by molar-refractivity contribution is 5.75. The zero-order chi connectivity index (χ0) is 16.7. The van der Waals surface area contributed by atoms with Crippen LogP contribution in [0.25, 0.3) is 0 Å². The first-order valence-electron chi connectivity index (χ1n) is 10.3. The summed E-state index contributed by atoms with van der Waals surface area (Å²) in [4.78, 5) is 12.1. The summed E-state index contributed by atoms with van der Waals surface area (Å²) in [7, 11) is 0. The molecule has 1 aliphatic heterocycles. The molecule has 0 aromatic carbocycles. The molecule has 0 radical (unpaired) electrons. The van der Waals surface area contributed by atoms with E-state index in [2.05, 4.69) is 32.9 Å². The highest BCUT2D eigenvalue weighted by Gasteiger charge is 2.65. The lowest BCUT2D eigenvalue weighted by molar-refractivity contribution is -0.146. The average molecular weight is 328 g/mol. The number of hydrogen-bond donors (Lipinski definition) is 0. The molecule has 4 aliphatic carbocycles. The Labute approximate surface area is 146 Å². The second-order valence-electron chi connectivity index (χ2n) is 10.1. The molecule has 0 aromatic rings. The summed E-state index contributed by atoms with van der Waals surface area (Å²) in [6.07, 6.45) is 14.4. The SMILES string of the molecule is C[C@@H]1C(=O)O[C@H]2C[C@H]3[C@@H]4CC[C@H]5CC=CC[C@]5(C)[C@H]4CC[C@]3(C)[C@H]21.